The first-order chi connectivity index (χ1) is 69.5. The topological polar surface area (TPSA) is 339 Å². The Morgan fingerprint density at radius 2 is 0.753 bits per heavy atom. The van der Waals surface area contributed by atoms with E-state index >= 15 is 26.3 Å². The summed E-state index contributed by atoms with van der Waals surface area (Å²) in [5.41, 5.74) is -0.0110. The number of hydrogen-bond donors (Lipinski definition) is 6. The second-order valence-electron chi connectivity index (χ2n) is 32.4. The van der Waals surface area contributed by atoms with Gasteiger partial charge in [-0.2, -0.15) is 55.3 Å². The first-order valence-corrected chi connectivity index (χ1v) is 44.5. The number of pyridine rings is 3. The van der Waals surface area contributed by atoms with Gasteiger partial charge >= 0.3 is 36.4 Å². The summed E-state index contributed by atoms with van der Waals surface area (Å²) >= 11 is 19.3. The van der Waals surface area contributed by atoms with E-state index < -0.39 is 187 Å². The van der Waals surface area contributed by atoms with Gasteiger partial charge in [-0.1, -0.05) is 132 Å². The van der Waals surface area contributed by atoms with Gasteiger partial charge in [0.05, 0.1) is 83.9 Å². The number of aromatic nitrogens is 3. The molecule has 1 saturated heterocycles. The molecule has 146 heavy (non-hydrogen) atoms. The zero-order valence-electron chi connectivity index (χ0n) is 75.7. The van der Waals surface area contributed by atoms with Gasteiger partial charge < -0.3 is 50.8 Å². The molecule has 42 heteroatoms. The van der Waals surface area contributed by atoms with E-state index in [0.717, 1.165) is 51.7 Å². The fourth-order valence-electron chi connectivity index (χ4n) is 16.3. The largest absolute Gasteiger partial charge is 0.467 e. The van der Waals surface area contributed by atoms with Gasteiger partial charge in [0, 0.05) is 133 Å². The molecule has 11 aromatic carbocycles. The highest BCUT2D eigenvalue weighted by Gasteiger charge is 2.46. The number of halogens is 19. The van der Waals surface area contributed by atoms with Crippen LogP contribution in [0.3, 0.4) is 0 Å². The Bertz CT molecular complexity index is 7500. The molecule has 15 rings (SSSR count). The van der Waals surface area contributed by atoms with Crippen LogP contribution < -0.4 is 31.9 Å². The molecule has 23 nitrogen and oxygen atoms in total. The first-order valence-electron chi connectivity index (χ1n) is 43.3. The van der Waals surface area contributed by atoms with Gasteiger partial charge in [0.2, 0.25) is 0 Å². The minimum atomic E-state index is -4.99. The number of benzene rings is 11. The number of fused-ring (bicyclic) bond motifs is 3. The van der Waals surface area contributed by atoms with E-state index in [9.17, 15) is 93.3 Å². The van der Waals surface area contributed by atoms with Crippen LogP contribution in [0.1, 0.15) is 105 Å². The SMILES string of the molecule is COC(=O)[C@H](Cc1ccc(-c2ccc(C#N)cc2Cl)c2ncccc12)NC(=O)c1c(F)cc(NC(=O)c2ccccc2C(F)(F)F)cc1F.COC(=O)[C@H](Cc1ccc(-c2ccc(C#N)cc2Cl)c2ncccc12)NC(=O)c1c(F)cc(N[C@H](C2CCOCC2)C(F)(F)F)cc1F.COC(=O)[C@H](Cc1ccc(-c2ccc(C#N)cc2Cl)c2ncccc12)NC(=O)c1c(F)cc(N[C@H](c2cccc(F)c2)C(F)(F)F)cc1F. The fraction of sp³-hybridized carbons (Fsp3) is 0.183. The highest BCUT2D eigenvalue weighted by atomic mass is 35.5. The predicted octanol–water partition coefficient (Wildman–Crippen LogP) is 22.6. The number of methoxy groups -OCH3 is 3. The summed E-state index contributed by atoms with van der Waals surface area (Å²) in [5.74, 6) is -18.8. The number of ether oxygens (including phenoxy) is 4. The Morgan fingerprint density at radius 1 is 0.404 bits per heavy atom. The van der Waals surface area contributed by atoms with Crippen molar-refractivity contribution in [1.29, 1.82) is 15.8 Å². The number of anilines is 3. The van der Waals surface area contributed by atoms with Crippen molar-refractivity contribution in [2.45, 2.75) is 80.8 Å². The maximum absolute atomic E-state index is 15.2. The molecule has 0 aliphatic carbocycles. The Hall–Kier alpha value is -16.3. The molecule has 1 fully saturated rings. The Kier molecular flexibility index (Phi) is 34.0. The first kappa shape index (κ1) is 107. The summed E-state index contributed by atoms with van der Waals surface area (Å²) in [6.45, 7) is 0.258. The maximum atomic E-state index is 15.2. The van der Waals surface area contributed by atoms with Crippen molar-refractivity contribution in [3.63, 3.8) is 0 Å². The minimum Gasteiger partial charge on any atom is -0.467 e. The number of nitriles is 3. The second kappa shape index (κ2) is 46.4. The molecule has 0 saturated carbocycles. The molecular weight excluding hydrogens is 2000 g/mol. The van der Waals surface area contributed by atoms with Crippen LogP contribution in [0.25, 0.3) is 66.1 Å². The predicted molar refractivity (Wildman–Crippen MR) is 506 cm³/mol. The van der Waals surface area contributed by atoms with Gasteiger partial charge in [-0.3, -0.25) is 34.1 Å². The lowest BCUT2D eigenvalue weighted by Gasteiger charge is -2.33. The molecule has 0 radical (unpaired) electrons. The van der Waals surface area contributed by atoms with Gasteiger partial charge in [-0.05, 0) is 156 Å². The van der Waals surface area contributed by atoms with Gasteiger partial charge in [-0.15, -0.1) is 0 Å². The number of carbonyl (C=O) groups is 7. The average molecular weight is 2080 g/mol. The molecule has 0 spiro atoms. The third kappa shape index (κ3) is 25.1. The smallest absolute Gasteiger partial charge is 0.417 e. The standard InChI is InChI=1S/C35H23ClF6N4O3.C35H22ClF5N4O4.C34H28ClF5N4O4/c1-49-34(48)29(14-19-8-10-25(31-23(19)6-3-11-44-31)24-9-7-18(17-43)12-26(24)36)46-33(47)30-27(38)15-22(16-28(30)39)45-32(35(40,41)42)20-4-2-5-21(37)13-20;1-49-34(48)29(14-19-9-11-23(31-21(19)6-4-12-43-31)22-10-8-18(17-42)13-26(22)36)45-33(47)30-27(37)15-20(16-28(30)38)44-32(46)24-5-2-3-7-25(24)35(39,40)41;1-47-33(46)28(14-20-5-7-24(30-22(20)3-2-10-42-30)23-6-4-18(17-41)13-25(23)35)44-32(45)29-26(36)15-21(16-27(29)37)43-31(34(38,39)40)19-8-11-48-12-9-19/h2-13,15-16,29,32,45H,14H2,1H3,(H,46,47);2-13,15-16,29H,14H2,1H3,(H,44,46)(H,45,47);2-7,10,13,15-16,19,28,31,43H,8-9,11-12,14H2,1H3,(H,44,45)/t29-,32+;29-;28-,31+/m000/s1. The number of nitrogens with one attached hydrogen (secondary N) is 6. The van der Waals surface area contributed by atoms with Crippen LogP contribution in [-0.4, -0.2) is 128 Å². The third-order valence-electron chi connectivity index (χ3n) is 23.2. The number of carbonyl (C=O) groups excluding carboxylic acids is 7. The average Bonchev–Trinajstić information content (AvgIpc) is 0.777. The number of hydrogen-bond acceptors (Lipinski definition) is 19. The quantitative estimate of drug-likeness (QED) is 0.0167. The molecule has 3 aromatic heterocycles. The summed E-state index contributed by atoms with van der Waals surface area (Å²) in [5, 5.41) is 43.1. The van der Waals surface area contributed by atoms with Crippen molar-refractivity contribution in [2.75, 3.05) is 50.5 Å². The maximum Gasteiger partial charge on any atom is 0.417 e. The number of amides is 4. The highest BCUT2D eigenvalue weighted by molar-refractivity contribution is 6.35. The number of rotatable bonds is 26. The number of alkyl halides is 9. The van der Waals surface area contributed by atoms with Crippen LogP contribution in [0.5, 0.6) is 0 Å². The monoisotopic (exact) mass is 2070 g/mol. The molecule has 14 aromatic rings. The lowest BCUT2D eigenvalue weighted by atomic mass is 9.91. The molecule has 0 bridgehead atoms. The molecule has 4 heterocycles. The third-order valence-corrected chi connectivity index (χ3v) is 24.1. The van der Waals surface area contributed by atoms with Crippen LogP contribution in [-0.2, 0) is 58.8 Å². The van der Waals surface area contributed by atoms with Crippen molar-refractivity contribution < 1.29 is 123 Å². The summed E-state index contributed by atoms with van der Waals surface area (Å²) in [6.07, 6.45) is -10.3. The summed E-state index contributed by atoms with van der Waals surface area (Å²) in [7, 11) is 3.19. The van der Waals surface area contributed by atoms with E-state index in [-0.39, 0.29) is 45.3 Å². The van der Waals surface area contributed by atoms with Crippen molar-refractivity contribution in [3.05, 3.63) is 353 Å². The Labute approximate surface area is 833 Å². The van der Waals surface area contributed by atoms with Crippen molar-refractivity contribution in [3.8, 4) is 51.6 Å². The number of esters is 3. The molecule has 5 atom stereocenters. The molecule has 4 amide bonds. The zero-order valence-corrected chi connectivity index (χ0v) is 78.0. The summed E-state index contributed by atoms with van der Waals surface area (Å²) in [6, 6.07) is 42.3. The minimum absolute atomic E-state index is 0.106. The Morgan fingerprint density at radius 3 is 1.08 bits per heavy atom. The van der Waals surface area contributed by atoms with E-state index in [4.69, 9.17) is 53.8 Å². The Balaban J connectivity index is 0.000000183. The van der Waals surface area contributed by atoms with E-state index in [0.29, 0.717) is 163 Å². The van der Waals surface area contributed by atoms with Crippen LogP contribution in [0.2, 0.25) is 15.1 Å². The lowest BCUT2D eigenvalue weighted by Crippen LogP contribution is -2.45. The van der Waals surface area contributed by atoms with E-state index in [1.807, 2.05) is 28.8 Å². The van der Waals surface area contributed by atoms with Gasteiger partial charge in [0.1, 0.15) is 87.6 Å². The van der Waals surface area contributed by atoms with Crippen molar-refractivity contribution >= 4 is 126 Å². The number of nitrogens with zero attached hydrogens (tertiary/aromatic N) is 6. The van der Waals surface area contributed by atoms with Crippen LogP contribution in [0, 0.1) is 80.6 Å². The van der Waals surface area contributed by atoms with Crippen molar-refractivity contribution in [2.24, 2.45) is 5.92 Å². The zero-order chi connectivity index (χ0) is 106. The fourth-order valence-corrected chi connectivity index (χ4v) is 17.1. The molecular formula is C104H73Cl3F16N12O11. The van der Waals surface area contributed by atoms with Crippen LogP contribution in [0.4, 0.5) is 87.3 Å². The molecule has 1 aliphatic heterocycles. The highest BCUT2D eigenvalue weighted by Crippen LogP contribution is 2.43. The molecule has 748 valence electrons. The van der Waals surface area contributed by atoms with Crippen molar-refractivity contribution in [1.82, 2.24) is 30.9 Å². The lowest BCUT2D eigenvalue weighted by molar-refractivity contribution is -0.159. The van der Waals surface area contributed by atoms with E-state index in [1.165, 1.54) is 30.5 Å². The van der Waals surface area contributed by atoms with Gasteiger partial charge in [0.25, 0.3) is 23.6 Å². The van der Waals surface area contributed by atoms with Crippen LogP contribution in [0.15, 0.2) is 231 Å². The molecule has 1 aliphatic rings. The molecule has 0 unspecified atom stereocenters. The van der Waals surface area contributed by atoms with Gasteiger partial charge in [0.15, 0.2) is 0 Å². The van der Waals surface area contributed by atoms with E-state index in [2.05, 4.69) is 36.2 Å². The summed E-state index contributed by atoms with van der Waals surface area (Å²) < 4.78 is 247. The summed E-state index contributed by atoms with van der Waals surface area (Å²) in [4.78, 5) is 104. The molecule has 6 N–H and O–H groups in total. The second-order valence-corrected chi connectivity index (χ2v) is 33.6. The van der Waals surface area contributed by atoms with Crippen LogP contribution >= 0.6 is 34.8 Å². The van der Waals surface area contributed by atoms with E-state index in [1.54, 1.807) is 122 Å². The van der Waals surface area contributed by atoms with Gasteiger partial charge in [-0.25, -0.2) is 45.1 Å². The normalized spacial score (nSPS) is 13.1.